The molecule has 5 heteroatoms. The van der Waals surface area contributed by atoms with Gasteiger partial charge in [0.05, 0.1) is 5.57 Å². The average molecular weight is 266 g/mol. The van der Waals surface area contributed by atoms with Crippen LogP contribution >= 0.6 is 0 Å². The number of carboxylic acids is 1. The van der Waals surface area contributed by atoms with Gasteiger partial charge in [0.25, 0.3) is 0 Å². The van der Waals surface area contributed by atoms with Crippen molar-refractivity contribution in [2.45, 2.75) is 26.4 Å². The van der Waals surface area contributed by atoms with Crippen molar-refractivity contribution in [3.63, 3.8) is 0 Å². The smallest absolute Gasteiger partial charge is 0.335 e. The van der Waals surface area contributed by atoms with Crippen molar-refractivity contribution in [1.82, 2.24) is 0 Å². The summed E-state index contributed by atoms with van der Waals surface area (Å²) in [7, 11) is 0. The van der Waals surface area contributed by atoms with Crippen molar-refractivity contribution >= 4 is 11.9 Å². The van der Waals surface area contributed by atoms with Crippen molar-refractivity contribution in [3.8, 4) is 0 Å². The quantitative estimate of drug-likeness (QED) is 0.657. The van der Waals surface area contributed by atoms with E-state index in [0.717, 1.165) is 6.07 Å². The van der Waals surface area contributed by atoms with Crippen LogP contribution in [0.5, 0.6) is 0 Å². The lowest BCUT2D eigenvalue weighted by atomic mass is 10.0. The lowest BCUT2D eigenvalue weighted by molar-refractivity contribution is -0.146. The molecule has 0 aliphatic heterocycles. The first-order valence-electron chi connectivity index (χ1n) is 5.81. The average Bonchev–Trinajstić information content (AvgIpc) is 2.33. The summed E-state index contributed by atoms with van der Waals surface area (Å²) in [5.74, 6) is -2.34. The standard InChI is InChI=1S/C14H15FO4/c1-3-5-12(14(17)18)13(19-9(2)16)10-6-4-7-11(15)8-10/h4-8,13H,3H2,1-2H3,(H,17,18). The molecule has 0 saturated carbocycles. The van der Waals surface area contributed by atoms with Gasteiger partial charge in [-0.15, -0.1) is 0 Å². The fourth-order valence-electron chi connectivity index (χ4n) is 1.67. The van der Waals surface area contributed by atoms with Gasteiger partial charge in [0.15, 0.2) is 6.10 Å². The highest BCUT2D eigenvalue weighted by molar-refractivity contribution is 5.88. The second-order valence-corrected chi connectivity index (χ2v) is 3.92. The number of rotatable bonds is 5. The van der Waals surface area contributed by atoms with Gasteiger partial charge in [-0.2, -0.15) is 0 Å². The molecule has 1 aromatic carbocycles. The fraction of sp³-hybridized carbons (Fsp3) is 0.286. The summed E-state index contributed by atoms with van der Waals surface area (Å²) in [5, 5.41) is 9.16. The van der Waals surface area contributed by atoms with E-state index in [-0.39, 0.29) is 11.1 Å². The second-order valence-electron chi connectivity index (χ2n) is 3.92. The third-order valence-corrected chi connectivity index (χ3v) is 2.39. The van der Waals surface area contributed by atoms with E-state index in [1.54, 1.807) is 6.92 Å². The Morgan fingerprint density at radius 2 is 2.16 bits per heavy atom. The van der Waals surface area contributed by atoms with E-state index in [4.69, 9.17) is 9.84 Å². The Bertz CT molecular complexity index is 508. The maximum atomic E-state index is 13.2. The van der Waals surface area contributed by atoms with Gasteiger partial charge >= 0.3 is 11.9 Å². The molecular formula is C14H15FO4. The van der Waals surface area contributed by atoms with Crippen molar-refractivity contribution in [3.05, 3.63) is 47.3 Å². The predicted octanol–water partition coefficient (Wildman–Crippen LogP) is 2.85. The number of carbonyl (C=O) groups excluding carboxylic acids is 1. The number of benzene rings is 1. The molecule has 0 amide bonds. The fourth-order valence-corrected chi connectivity index (χ4v) is 1.67. The number of aliphatic carboxylic acids is 1. The Morgan fingerprint density at radius 3 is 2.63 bits per heavy atom. The summed E-state index contributed by atoms with van der Waals surface area (Å²) in [5.41, 5.74) is 0.209. The van der Waals surface area contributed by atoms with Gasteiger partial charge < -0.3 is 9.84 Å². The Hall–Kier alpha value is -2.17. The van der Waals surface area contributed by atoms with E-state index in [2.05, 4.69) is 0 Å². The molecule has 0 aliphatic carbocycles. The first kappa shape index (κ1) is 14.9. The number of hydrogen-bond donors (Lipinski definition) is 1. The van der Waals surface area contributed by atoms with Crippen LogP contribution in [0.3, 0.4) is 0 Å². The van der Waals surface area contributed by atoms with Crippen LogP contribution in [0.4, 0.5) is 4.39 Å². The van der Waals surface area contributed by atoms with E-state index in [1.165, 1.54) is 31.2 Å². The minimum absolute atomic E-state index is 0.0803. The molecule has 0 bridgehead atoms. The van der Waals surface area contributed by atoms with Crippen molar-refractivity contribution in [2.24, 2.45) is 0 Å². The maximum absolute atomic E-state index is 13.2. The van der Waals surface area contributed by atoms with Gasteiger partial charge in [-0.25, -0.2) is 9.18 Å². The Kier molecular flexibility index (Phi) is 5.23. The molecule has 0 heterocycles. The van der Waals surface area contributed by atoms with Crippen molar-refractivity contribution < 1.29 is 23.8 Å². The van der Waals surface area contributed by atoms with Crippen LogP contribution in [-0.2, 0) is 14.3 Å². The van der Waals surface area contributed by atoms with E-state index < -0.39 is 23.9 Å². The van der Waals surface area contributed by atoms with Gasteiger partial charge in [0, 0.05) is 12.5 Å². The lowest BCUT2D eigenvalue weighted by Gasteiger charge is -2.18. The van der Waals surface area contributed by atoms with Gasteiger partial charge in [0.1, 0.15) is 5.82 Å². The summed E-state index contributed by atoms with van der Waals surface area (Å²) in [6.45, 7) is 2.94. The molecule has 1 atom stereocenters. The zero-order chi connectivity index (χ0) is 14.4. The first-order chi connectivity index (χ1) is 8.95. The van der Waals surface area contributed by atoms with Crippen LogP contribution < -0.4 is 0 Å². The Labute approximate surface area is 110 Å². The SMILES string of the molecule is CCC=C(C(=O)O)C(OC(C)=O)c1cccc(F)c1. The topological polar surface area (TPSA) is 63.6 Å². The van der Waals surface area contributed by atoms with Crippen LogP contribution in [0.2, 0.25) is 0 Å². The molecule has 19 heavy (non-hydrogen) atoms. The normalized spacial score (nSPS) is 12.9. The summed E-state index contributed by atoms with van der Waals surface area (Å²) < 4.78 is 18.2. The molecule has 1 unspecified atom stereocenters. The highest BCUT2D eigenvalue weighted by Crippen LogP contribution is 2.27. The molecule has 0 spiro atoms. The molecule has 102 valence electrons. The van der Waals surface area contributed by atoms with Crippen LogP contribution in [-0.4, -0.2) is 17.0 Å². The number of esters is 1. The molecule has 0 aliphatic rings. The number of carboxylic acid groups (broad SMARTS) is 1. The summed E-state index contributed by atoms with van der Waals surface area (Å²) in [6.07, 6.45) is 0.806. The number of carbonyl (C=O) groups is 2. The first-order valence-corrected chi connectivity index (χ1v) is 5.81. The van der Waals surface area contributed by atoms with E-state index in [0.29, 0.717) is 6.42 Å². The second kappa shape index (κ2) is 6.68. The molecule has 0 fully saturated rings. The number of hydrogen-bond acceptors (Lipinski definition) is 3. The molecule has 4 nitrogen and oxygen atoms in total. The van der Waals surface area contributed by atoms with Gasteiger partial charge in [-0.1, -0.05) is 25.1 Å². The maximum Gasteiger partial charge on any atom is 0.335 e. The number of ether oxygens (including phenoxy) is 1. The molecule has 1 N–H and O–H groups in total. The monoisotopic (exact) mass is 266 g/mol. The summed E-state index contributed by atoms with van der Waals surface area (Å²) >= 11 is 0. The van der Waals surface area contributed by atoms with E-state index in [9.17, 15) is 14.0 Å². The number of allylic oxidation sites excluding steroid dienone is 1. The minimum atomic E-state index is -1.20. The zero-order valence-corrected chi connectivity index (χ0v) is 10.7. The van der Waals surface area contributed by atoms with Crippen LogP contribution in [0.15, 0.2) is 35.9 Å². The van der Waals surface area contributed by atoms with Gasteiger partial charge in [-0.05, 0) is 18.6 Å². The zero-order valence-electron chi connectivity index (χ0n) is 10.7. The molecule has 0 radical (unpaired) electrons. The lowest BCUT2D eigenvalue weighted by Crippen LogP contribution is -2.17. The van der Waals surface area contributed by atoms with Gasteiger partial charge in [0.2, 0.25) is 0 Å². The molecule has 1 rings (SSSR count). The van der Waals surface area contributed by atoms with Crippen LogP contribution in [0.25, 0.3) is 0 Å². The molecule has 1 aromatic rings. The van der Waals surface area contributed by atoms with E-state index >= 15 is 0 Å². The number of halogens is 1. The predicted molar refractivity (Wildman–Crippen MR) is 66.9 cm³/mol. The third kappa shape index (κ3) is 4.21. The Balaban J connectivity index is 3.24. The van der Waals surface area contributed by atoms with Crippen molar-refractivity contribution in [1.29, 1.82) is 0 Å². The summed E-state index contributed by atoms with van der Waals surface area (Å²) in [6, 6.07) is 5.34. The highest BCUT2D eigenvalue weighted by atomic mass is 19.1. The van der Waals surface area contributed by atoms with Crippen LogP contribution in [0, 0.1) is 5.82 Å². The largest absolute Gasteiger partial charge is 0.478 e. The minimum Gasteiger partial charge on any atom is -0.478 e. The van der Waals surface area contributed by atoms with Crippen molar-refractivity contribution in [2.75, 3.05) is 0 Å². The van der Waals surface area contributed by atoms with Gasteiger partial charge in [-0.3, -0.25) is 4.79 Å². The molecular weight excluding hydrogens is 251 g/mol. The summed E-state index contributed by atoms with van der Waals surface area (Å²) in [4.78, 5) is 22.3. The van der Waals surface area contributed by atoms with Crippen LogP contribution in [0.1, 0.15) is 31.9 Å². The van der Waals surface area contributed by atoms with E-state index in [1.807, 2.05) is 0 Å². The third-order valence-electron chi connectivity index (χ3n) is 2.39. The Morgan fingerprint density at radius 1 is 1.47 bits per heavy atom. The highest BCUT2D eigenvalue weighted by Gasteiger charge is 2.25. The molecule has 0 saturated heterocycles. The molecule has 0 aromatic heterocycles.